The zero-order chi connectivity index (χ0) is 25.9. The standard InChI is InChI=1S/C27H27N5O4S/c1-3-20(30-25(33)19-11-16-14-28-31-21(16)13-22(19)36-2)27(35)32-10-9-23-17(15-32)12-24(37-23)26(34)29-18-7-5-4-6-8-18/h4-8,11-14,20H,3,9-10,15H2,1-2H3,(H,28,31)(H,29,34)(H,30,33)/t20-/m1/s1. The van der Waals surface area contributed by atoms with Crippen molar-refractivity contribution < 1.29 is 19.1 Å². The van der Waals surface area contributed by atoms with Crippen LogP contribution >= 0.6 is 11.3 Å². The second-order valence-corrected chi connectivity index (χ2v) is 9.97. The minimum absolute atomic E-state index is 0.147. The predicted octanol–water partition coefficient (Wildman–Crippen LogP) is 3.98. The molecule has 0 radical (unpaired) electrons. The molecule has 4 aromatic rings. The normalized spacial score (nSPS) is 13.6. The summed E-state index contributed by atoms with van der Waals surface area (Å²) in [5.41, 5.74) is 2.81. The summed E-state index contributed by atoms with van der Waals surface area (Å²) < 4.78 is 5.40. The molecule has 2 aromatic carbocycles. The number of H-pyrrole nitrogens is 1. The number of carbonyl (C=O) groups is 3. The Morgan fingerprint density at radius 1 is 1.16 bits per heavy atom. The molecule has 0 bridgehead atoms. The number of aromatic amines is 1. The number of aromatic nitrogens is 2. The summed E-state index contributed by atoms with van der Waals surface area (Å²) in [6, 6.07) is 13.9. The summed E-state index contributed by atoms with van der Waals surface area (Å²) in [5, 5.41) is 13.4. The van der Waals surface area contributed by atoms with Gasteiger partial charge in [-0.3, -0.25) is 19.5 Å². The van der Waals surface area contributed by atoms with E-state index in [0.29, 0.717) is 42.1 Å². The molecule has 3 amide bonds. The van der Waals surface area contributed by atoms with Gasteiger partial charge in [-0.2, -0.15) is 5.10 Å². The average Bonchev–Trinajstić information content (AvgIpc) is 3.57. The Labute approximate surface area is 217 Å². The molecule has 0 saturated heterocycles. The van der Waals surface area contributed by atoms with E-state index in [1.54, 1.807) is 23.2 Å². The van der Waals surface area contributed by atoms with Gasteiger partial charge in [0.2, 0.25) is 5.91 Å². The van der Waals surface area contributed by atoms with Crippen LogP contribution in [0.25, 0.3) is 10.9 Å². The highest BCUT2D eigenvalue weighted by atomic mass is 32.1. The molecular formula is C27H27N5O4S. The van der Waals surface area contributed by atoms with Crippen LogP contribution in [0, 0.1) is 0 Å². The van der Waals surface area contributed by atoms with Gasteiger partial charge in [0.15, 0.2) is 0 Å². The SMILES string of the molecule is CC[C@@H](NC(=O)c1cc2cn[nH]c2cc1OC)C(=O)N1CCc2sc(C(=O)Nc3ccccc3)cc2C1. The monoisotopic (exact) mass is 517 g/mol. The number of methoxy groups -OCH3 is 1. The lowest BCUT2D eigenvalue weighted by Gasteiger charge is -2.30. The number of hydrogen-bond acceptors (Lipinski definition) is 6. The molecule has 0 aliphatic carbocycles. The van der Waals surface area contributed by atoms with E-state index in [9.17, 15) is 14.4 Å². The van der Waals surface area contributed by atoms with E-state index in [1.165, 1.54) is 18.4 Å². The van der Waals surface area contributed by atoms with Gasteiger partial charge < -0.3 is 20.3 Å². The third-order valence-electron chi connectivity index (χ3n) is 6.45. The van der Waals surface area contributed by atoms with Gasteiger partial charge in [-0.15, -0.1) is 11.3 Å². The molecule has 190 valence electrons. The number of carbonyl (C=O) groups excluding carboxylic acids is 3. The summed E-state index contributed by atoms with van der Waals surface area (Å²) in [7, 11) is 1.50. The van der Waals surface area contributed by atoms with Gasteiger partial charge in [0.25, 0.3) is 11.8 Å². The second-order valence-electron chi connectivity index (χ2n) is 8.83. The molecule has 1 atom stereocenters. The second kappa shape index (κ2) is 10.4. The number of fused-ring (bicyclic) bond motifs is 2. The van der Waals surface area contributed by atoms with Gasteiger partial charge in [0.1, 0.15) is 11.8 Å². The first kappa shape index (κ1) is 24.5. The fraction of sp³-hybridized carbons (Fsp3) is 0.259. The van der Waals surface area contributed by atoms with E-state index in [0.717, 1.165) is 27.0 Å². The van der Waals surface area contributed by atoms with Crippen molar-refractivity contribution in [1.82, 2.24) is 20.4 Å². The summed E-state index contributed by atoms with van der Waals surface area (Å²) >= 11 is 1.46. The number of para-hydroxylation sites is 1. The van der Waals surface area contributed by atoms with Crippen LogP contribution in [0.4, 0.5) is 5.69 Å². The van der Waals surface area contributed by atoms with Crippen molar-refractivity contribution in [2.45, 2.75) is 32.4 Å². The molecule has 0 saturated carbocycles. The van der Waals surface area contributed by atoms with Gasteiger partial charge in [-0.25, -0.2) is 0 Å². The van der Waals surface area contributed by atoms with Crippen molar-refractivity contribution in [3.05, 3.63) is 75.6 Å². The zero-order valence-electron chi connectivity index (χ0n) is 20.5. The van der Waals surface area contributed by atoms with E-state index in [-0.39, 0.29) is 17.7 Å². The Balaban J connectivity index is 1.27. The maximum absolute atomic E-state index is 13.4. The predicted molar refractivity (Wildman–Crippen MR) is 142 cm³/mol. The Morgan fingerprint density at radius 3 is 2.73 bits per heavy atom. The molecule has 0 fully saturated rings. The lowest BCUT2D eigenvalue weighted by Crippen LogP contribution is -2.49. The number of benzene rings is 2. The van der Waals surface area contributed by atoms with E-state index in [1.807, 2.05) is 43.3 Å². The molecule has 3 heterocycles. The van der Waals surface area contributed by atoms with Crippen molar-refractivity contribution in [2.24, 2.45) is 0 Å². The molecule has 0 spiro atoms. The number of nitrogens with zero attached hydrogens (tertiary/aromatic N) is 2. The lowest BCUT2D eigenvalue weighted by molar-refractivity contribution is -0.134. The maximum atomic E-state index is 13.4. The Morgan fingerprint density at radius 2 is 1.97 bits per heavy atom. The summed E-state index contributed by atoms with van der Waals surface area (Å²) in [6.45, 7) is 2.80. The van der Waals surface area contributed by atoms with E-state index in [4.69, 9.17) is 4.74 Å². The van der Waals surface area contributed by atoms with Crippen LogP contribution in [0.3, 0.4) is 0 Å². The fourth-order valence-corrected chi connectivity index (χ4v) is 5.52. The van der Waals surface area contributed by atoms with E-state index in [2.05, 4.69) is 20.8 Å². The summed E-state index contributed by atoms with van der Waals surface area (Å²) in [5.74, 6) is -0.288. The summed E-state index contributed by atoms with van der Waals surface area (Å²) in [4.78, 5) is 42.7. The highest BCUT2D eigenvalue weighted by molar-refractivity contribution is 7.14. The fourth-order valence-electron chi connectivity index (χ4n) is 4.46. The van der Waals surface area contributed by atoms with Gasteiger partial charge in [0, 0.05) is 35.1 Å². The van der Waals surface area contributed by atoms with Crippen LogP contribution < -0.4 is 15.4 Å². The minimum atomic E-state index is -0.682. The zero-order valence-corrected chi connectivity index (χ0v) is 21.4. The van der Waals surface area contributed by atoms with Crippen LogP contribution in [-0.2, 0) is 17.8 Å². The molecule has 3 N–H and O–H groups in total. The quantitative estimate of drug-likeness (QED) is 0.343. The van der Waals surface area contributed by atoms with Crippen LogP contribution in [-0.4, -0.2) is 52.5 Å². The van der Waals surface area contributed by atoms with E-state index < -0.39 is 6.04 Å². The Bertz CT molecular complexity index is 1460. The van der Waals surface area contributed by atoms with Crippen LogP contribution in [0.2, 0.25) is 0 Å². The average molecular weight is 518 g/mol. The number of nitrogens with one attached hydrogen (secondary N) is 3. The van der Waals surface area contributed by atoms with Gasteiger partial charge in [-0.1, -0.05) is 25.1 Å². The molecule has 37 heavy (non-hydrogen) atoms. The number of rotatable bonds is 7. The van der Waals surface area contributed by atoms with Crippen LogP contribution in [0.5, 0.6) is 5.75 Å². The number of anilines is 1. The molecule has 5 rings (SSSR count). The third-order valence-corrected chi connectivity index (χ3v) is 7.69. The number of amides is 3. The topological polar surface area (TPSA) is 116 Å². The van der Waals surface area contributed by atoms with Crippen molar-refractivity contribution >= 4 is 45.6 Å². The molecule has 2 aromatic heterocycles. The summed E-state index contributed by atoms with van der Waals surface area (Å²) in [6.07, 6.45) is 2.74. The largest absolute Gasteiger partial charge is 0.496 e. The van der Waals surface area contributed by atoms with Crippen LogP contribution in [0.15, 0.2) is 54.7 Å². The Hall–Kier alpha value is -4.18. The first-order valence-electron chi connectivity index (χ1n) is 12.1. The lowest BCUT2D eigenvalue weighted by atomic mass is 10.1. The first-order chi connectivity index (χ1) is 18.0. The third kappa shape index (κ3) is 5.05. The van der Waals surface area contributed by atoms with Crippen molar-refractivity contribution in [3.8, 4) is 5.75 Å². The minimum Gasteiger partial charge on any atom is -0.496 e. The van der Waals surface area contributed by atoms with Gasteiger partial charge >= 0.3 is 0 Å². The number of hydrogen-bond donors (Lipinski definition) is 3. The first-order valence-corrected chi connectivity index (χ1v) is 12.9. The van der Waals surface area contributed by atoms with E-state index >= 15 is 0 Å². The number of ether oxygens (including phenoxy) is 1. The van der Waals surface area contributed by atoms with Crippen molar-refractivity contribution in [3.63, 3.8) is 0 Å². The highest BCUT2D eigenvalue weighted by Crippen LogP contribution is 2.30. The molecule has 1 aliphatic rings. The van der Waals surface area contributed by atoms with Crippen molar-refractivity contribution in [2.75, 3.05) is 19.0 Å². The molecule has 1 aliphatic heterocycles. The Kier molecular flexibility index (Phi) is 6.91. The smallest absolute Gasteiger partial charge is 0.265 e. The molecule has 9 nitrogen and oxygen atoms in total. The molecular weight excluding hydrogens is 490 g/mol. The maximum Gasteiger partial charge on any atom is 0.265 e. The van der Waals surface area contributed by atoms with Gasteiger partial charge in [0.05, 0.1) is 29.3 Å². The van der Waals surface area contributed by atoms with Gasteiger partial charge in [-0.05, 0) is 42.7 Å². The molecule has 0 unspecified atom stereocenters. The molecule has 10 heteroatoms. The number of thiophene rings is 1. The highest BCUT2D eigenvalue weighted by Gasteiger charge is 2.30. The van der Waals surface area contributed by atoms with Crippen molar-refractivity contribution in [1.29, 1.82) is 0 Å². The van der Waals surface area contributed by atoms with Crippen LogP contribution in [0.1, 0.15) is 43.8 Å².